The van der Waals surface area contributed by atoms with E-state index in [9.17, 15) is 0 Å². The molecular formula is C18H20BrNO2S. The van der Waals surface area contributed by atoms with Gasteiger partial charge in [0.1, 0.15) is 12.4 Å². The summed E-state index contributed by atoms with van der Waals surface area (Å²) in [5.74, 6) is 0.891. The van der Waals surface area contributed by atoms with E-state index < -0.39 is 0 Å². The van der Waals surface area contributed by atoms with Gasteiger partial charge in [-0.1, -0.05) is 35.0 Å². The zero-order chi connectivity index (χ0) is 16.8. The number of anilines is 1. The van der Waals surface area contributed by atoms with E-state index in [1.54, 1.807) is 7.11 Å². The summed E-state index contributed by atoms with van der Waals surface area (Å²) < 4.78 is 12.0. The molecule has 2 aromatic carbocycles. The molecular weight excluding hydrogens is 374 g/mol. The summed E-state index contributed by atoms with van der Waals surface area (Å²) in [7, 11) is 1.54. The fraction of sp³-hybridized carbons (Fsp3) is 0.278. The highest BCUT2D eigenvalue weighted by molar-refractivity contribution is 9.10. The van der Waals surface area contributed by atoms with Crippen LogP contribution in [-0.4, -0.2) is 12.3 Å². The summed E-state index contributed by atoms with van der Waals surface area (Å²) >= 11 is 8.56. The van der Waals surface area contributed by atoms with E-state index in [4.69, 9.17) is 21.7 Å². The third-order valence-corrected chi connectivity index (χ3v) is 4.28. The average molecular weight is 394 g/mol. The maximum atomic E-state index is 5.99. The van der Waals surface area contributed by atoms with E-state index in [1.807, 2.05) is 24.3 Å². The molecule has 0 bridgehead atoms. The van der Waals surface area contributed by atoms with Crippen LogP contribution in [0, 0.1) is 6.92 Å². The molecule has 23 heavy (non-hydrogen) atoms. The topological polar surface area (TPSA) is 30.5 Å². The minimum Gasteiger partial charge on any atom is -0.489 e. The number of benzene rings is 2. The number of halogens is 1. The lowest BCUT2D eigenvalue weighted by Crippen LogP contribution is -2.13. The molecule has 0 aromatic heterocycles. The van der Waals surface area contributed by atoms with Crippen molar-refractivity contribution >= 4 is 39.0 Å². The van der Waals surface area contributed by atoms with Crippen molar-refractivity contribution < 1.29 is 9.47 Å². The first-order valence-electron chi connectivity index (χ1n) is 7.39. The lowest BCUT2D eigenvalue weighted by atomic mass is 10.1. The molecule has 0 atom stereocenters. The number of rotatable bonds is 5. The minimum absolute atomic E-state index is 0.331. The normalized spacial score (nSPS) is 10.3. The van der Waals surface area contributed by atoms with E-state index in [2.05, 4.69) is 47.2 Å². The number of ether oxygens (including phenoxy) is 2. The molecule has 0 aliphatic heterocycles. The molecule has 0 amide bonds. The predicted octanol–water partition coefficient (Wildman–Crippen LogP) is 5.24. The Morgan fingerprint density at radius 3 is 2.65 bits per heavy atom. The number of methoxy groups -OCH3 is 1. The van der Waals surface area contributed by atoms with Gasteiger partial charge in [-0.3, -0.25) is 0 Å². The Bertz CT molecular complexity index is 703. The average Bonchev–Trinajstić information content (AvgIpc) is 2.55. The summed E-state index contributed by atoms with van der Waals surface area (Å²) in [5.41, 5.74) is 4.33. The van der Waals surface area contributed by atoms with Gasteiger partial charge in [-0.25, -0.2) is 0 Å². The van der Waals surface area contributed by atoms with Crippen LogP contribution in [0.5, 0.6) is 5.75 Å². The van der Waals surface area contributed by atoms with E-state index in [1.165, 1.54) is 5.56 Å². The fourth-order valence-electron chi connectivity index (χ4n) is 2.21. The highest BCUT2D eigenvalue weighted by Gasteiger charge is 2.08. The van der Waals surface area contributed by atoms with Crippen molar-refractivity contribution in [2.45, 2.75) is 26.9 Å². The second kappa shape index (κ2) is 8.31. The van der Waals surface area contributed by atoms with Crippen molar-refractivity contribution in [3.63, 3.8) is 0 Å². The summed E-state index contributed by atoms with van der Waals surface area (Å²) in [4.78, 5) is 0. The maximum absolute atomic E-state index is 5.99. The zero-order valence-electron chi connectivity index (χ0n) is 13.5. The third-order valence-electron chi connectivity index (χ3n) is 3.52. The van der Waals surface area contributed by atoms with Crippen LogP contribution < -0.4 is 10.1 Å². The molecule has 2 aromatic rings. The first-order valence-corrected chi connectivity index (χ1v) is 8.59. The number of thiocarbonyl (C=S) groups is 1. The standard InChI is InChI=1S/C18H20BrNO2S/c1-4-13-5-8-17(12(2)9-13)22-11-14-10-15(19)6-7-16(14)20-18(23)21-3/h5-10H,4,11H2,1-3H3,(H,20,23). The van der Waals surface area contributed by atoms with Gasteiger partial charge in [0, 0.05) is 15.7 Å². The molecule has 0 fully saturated rings. The molecule has 0 aliphatic carbocycles. The van der Waals surface area contributed by atoms with Crippen molar-refractivity contribution in [1.82, 2.24) is 0 Å². The van der Waals surface area contributed by atoms with E-state index in [0.717, 1.165) is 33.5 Å². The number of nitrogens with one attached hydrogen (secondary N) is 1. The molecule has 0 unspecified atom stereocenters. The first-order chi connectivity index (χ1) is 11.0. The number of hydrogen-bond donors (Lipinski definition) is 1. The highest BCUT2D eigenvalue weighted by Crippen LogP contribution is 2.25. The van der Waals surface area contributed by atoms with Gasteiger partial charge in [-0.05, 0) is 61.0 Å². The molecule has 3 nitrogen and oxygen atoms in total. The summed E-state index contributed by atoms with van der Waals surface area (Å²) in [6, 6.07) is 12.2. The number of aryl methyl sites for hydroxylation is 2. The van der Waals surface area contributed by atoms with Gasteiger partial charge in [-0.15, -0.1) is 0 Å². The molecule has 0 heterocycles. The van der Waals surface area contributed by atoms with Crippen molar-refractivity contribution in [3.05, 3.63) is 57.6 Å². The van der Waals surface area contributed by atoms with Crippen molar-refractivity contribution in [3.8, 4) is 5.75 Å². The molecule has 0 spiro atoms. The van der Waals surface area contributed by atoms with Crippen LogP contribution in [0.4, 0.5) is 5.69 Å². The number of hydrogen-bond acceptors (Lipinski definition) is 3. The Hall–Kier alpha value is -1.59. The van der Waals surface area contributed by atoms with Crippen LogP contribution in [0.15, 0.2) is 40.9 Å². The molecule has 5 heteroatoms. The van der Waals surface area contributed by atoms with Crippen LogP contribution in [-0.2, 0) is 17.8 Å². The first kappa shape index (κ1) is 17.8. The minimum atomic E-state index is 0.331. The summed E-state index contributed by atoms with van der Waals surface area (Å²) in [6.45, 7) is 4.66. The van der Waals surface area contributed by atoms with Crippen LogP contribution in [0.25, 0.3) is 0 Å². The van der Waals surface area contributed by atoms with Gasteiger partial charge in [0.05, 0.1) is 7.11 Å². The van der Waals surface area contributed by atoms with Gasteiger partial charge in [0.15, 0.2) is 0 Å². The Kier molecular flexibility index (Phi) is 6.42. The van der Waals surface area contributed by atoms with Gasteiger partial charge >= 0.3 is 0 Å². The van der Waals surface area contributed by atoms with Crippen LogP contribution in [0.2, 0.25) is 0 Å². The molecule has 0 saturated carbocycles. The van der Waals surface area contributed by atoms with Crippen molar-refractivity contribution in [2.24, 2.45) is 0 Å². The summed E-state index contributed by atoms with van der Waals surface area (Å²) in [5, 5.41) is 3.40. The molecule has 2 rings (SSSR count). The van der Waals surface area contributed by atoms with Gasteiger partial charge in [0.2, 0.25) is 0 Å². The van der Waals surface area contributed by atoms with E-state index in [-0.39, 0.29) is 0 Å². The molecule has 0 saturated heterocycles. The molecule has 1 N–H and O–H groups in total. The largest absolute Gasteiger partial charge is 0.489 e. The third kappa shape index (κ3) is 4.94. The highest BCUT2D eigenvalue weighted by atomic mass is 79.9. The second-order valence-electron chi connectivity index (χ2n) is 5.16. The van der Waals surface area contributed by atoms with E-state index >= 15 is 0 Å². The predicted molar refractivity (Wildman–Crippen MR) is 102 cm³/mol. The van der Waals surface area contributed by atoms with Crippen molar-refractivity contribution in [1.29, 1.82) is 0 Å². The molecule has 122 valence electrons. The smallest absolute Gasteiger partial charge is 0.260 e. The Labute approximate surface area is 151 Å². The van der Waals surface area contributed by atoms with Gasteiger partial charge in [-0.2, -0.15) is 0 Å². The molecule has 0 radical (unpaired) electrons. The lowest BCUT2D eigenvalue weighted by Gasteiger charge is -2.15. The van der Waals surface area contributed by atoms with Gasteiger partial charge in [0.25, 0.3) is 5.17 Å². The monoisotopic (exact) mass is 393 g/mol. The summed E-state index contributed by atoms with van der Waals surface area (Å²) in [6.07, 6.45) is 1.02. The van der Waals surface area contributed by atoms with Crippen LogP contribution >= 0.6 is 28.1 Å². The van der Waals surface area contributed by atoms with E-state index in [0.29, 0.717) is 11.8 Å². The quantitative estimate of drug-likeness (QED) is 0.703. The van der Waals surface area contributed by atoms with Gasteiger partial charge < -0.3 is 14.8 Å². The van der Waals surface area contributed by atoms with Crippen LogP contribution in [0.1, 0.15) is 23.6 Å². The Balaban J connectivity index is 2.16. The maximum Gasteiger partial charge on any atom is 0.260 e. The Morgan fingerprint density at radius 2 is 2.00 bits per heavy atom. The van der Waals surface area contributed by atoms with Crippen LogP contribution in [0.3, 0.4) is 0 Å². The van der Waals surface area contributed by atoms with Crippen molar-refractivity contribution in [2.75, 3.05) is 12.4 Å². The SMILES string of the molecule is CCc1ccc(OCc2cc(Br)ccc2NC(=S)OC)c(C)c1. The molecule has 0 aliphatic rings. The Morgan fingerprint density at radius 1 is 1.22 bits per heavy atom. The lowest BCUT2D eigenvalue weighted by molar-refractivity contribution is 0.304. The zero-order valence-corrected chi connectivity index (χ0v) is 15.9. The fourth-order valence-corrected chi connectivity index (χ4v) is 2.73. The second-order valence-corrected chi connectivity index (χ2v) is 6.45.